The maximum atomic E-state index is 13.3. The van der Waals surface area contributed by atoms with E-state index in [1.165, 1.54) is 25.2 Å². The van der Waals surface area contributed by atoms with Crippen molar-refractivity contribution in [3.8, 4) is 0 Å². The fourth-order valence-corrected chi connectivity index (χ4v) is 5.36. The van der Waals surface area contributed by atoms with Gasteiger partial charge < -0.3 is 4.90 Å². The number of sulfonamides is 1. The highest BCUT2D eigenvalue weighted by Crippen LogP contribution is 2.39. The van der Waals surface area contributed by atoms with Crippen LogP contribution in [0, 0.1) is 0 Å². The lowest BCUT2D eigenvalue weighted by Gasteiger charge is -2.35. The van der Waals surface area contributed by atoms with Gasteiger partial charge in [-0.2, -0.15) is 0 Å². The van der Waals surface area contributed by atoms with Gasteiger partial charge in [-0.3, -0.25) is 14.5 Å². The van der Waals surface area contributed by atoms with Crippen molar-refractivity contribution in [2.75, 3.05) is 29.9 Å². The molecule has 0 aliphatic carbocycles. The average molecular weight is 384 g/mol. The molecule has 3 aliphatic heterocycles. The number of rotatable bonds is 1. The van der Waals surface area contributed by atoms with Crippen LogP contribution in [-0.2, 0) is 10.0 Å². The summed E-state index contributed by atoms with van der Waals surface area (Å²) in [6.07, 6.45) is 2.47. The second-order valence-corrected chi connectivity index (χ2v) is 8.84. The Balaban J connectivity index is 1.61. The standard InChI is InChI=1S/C18H16N4O4S/c1-20-18(24)13-5-4-11(9-15(13)27(20,25)26)17(23)22-12-6-8-21(10-12)14-3-2-7-19-16(14)22/h2-5,7,9,12H,6,8,10H2,1H3. The van der Waals surface area contributed by atoms with E-state index in [1.807, 2.05) is 12.1 Å². The number of amides is 2. The van der Waals surface area contributed by atoms with Crippen molar-refractivity contribution in [3.63, 3.8) is 0 Å². The lowest BCUT2D eigenvalue weighted by Crippen LogP contribution is -2.46. The molecule has 1 atom stereocenters. The number of anilines is 2. The molecule has 138 valence electrons. The summed E-state index contributed by atoms with van der Waals surface area (Å²) >= 11 is 0. The molecule has 0 saturated carbocycles. The molecule has 0 radical (unpaired) electrons. The van der Waals surface area contributed by atoms with E-state index >= 15 is 0 Å². The van der Waals surface area contributed by atoms with E-state index in [4.69, 9.17) is 0 Å². The molecule has 2 bridgehead atoms. The summed E-state index contributed by atoms with van der Waals surface area (Å²) in [6.45, 7) is 1.58. The Morgan fingerprint density at radius 2 is 2.07 bits per heavy atom. The summed E-state index contributed by atoms with van der Waals surface area (Å²) in [4.78, 5) is 33.5. The molecule has 0 N–H and O–H groups in total. The predicted octanol–water partition coefficient (Wildman–Crippen LogP) is 1.10. The Morgan fingerprint density at radius 1 is 1.26 bits per heavy atom. The molecule has 0 spiro atoms. The van der Waals surface area contributed by atoms with Crippen molar-refractivity contribution in [1.29, 1.82) is 0 Å². The minimum Gasteiger partial charge on any atom is -0.366 e. The average Bonchev–Trinajstić information content (AvgIpc) is 3.17. The minimum atomic E-state index is -3.90. The zero-order chi connectivity index (χ0) is 18.9. The molecule has 1 aromatic carbocycles. The van der Waals surface area contributed by atoms with Gasteiger partial charge in [0.15, 0.2) is 5.82 Å². The summed E-state index contributed by atoms with van der Waals surface area (Å²) in [7, 11) is -2.68. The van der Waals surface area contributed by atoms with Crippen molar-refractivity contribution in [1.82, 2.24) is 9.29 Å². The molecule has 9 heteroatoms. The van der Waals surface area contributed by atoms with Crippen LogP contribution < -0.4 is 9.80 Å². The lowest BCUT2D eigenvalue weighted by molar-refractivity contribution is 0.0890. The van der Waals surface area contributed by atoms with Crippen LogP contribution >= 0.6 is 0 Å². The van der Waals surface area contributed by atoms with Gasteiger partial charge in [-0.25, -0.2) is 17.7 Å². The zero-order valence-electron chi connectivity index (χ0n) is 14.5. The van der Waals surface area contributed by atoms with Crippen molar-refractivity contribution >= 4 is 33.3 Å². The first-order valence-electron chi connectivity index (χ1n) is 8.60. The van der Waals surface area contributed by atoms with Crippen LogP contribution in [0.5, 0.6) is 0 Å². The summed E-state index contributed by atoms with van der Waals surface area (Å²) in [5.74, 6) is -0.297. The number of nitrogens with zero attached hydrogens (tertiary/aromatic N) is 4. The number of carbonyl (C=O) groups excluding carboxylic acids is 2. The first-order valence-corrected chi connectivity index (χ1v) is 10.0. The van der Waals surface area contributed by atoms with Gasteiger partial charge in [0.05, 0.1) is 17.3 Å². The van der Waals surface area contributed by atoms with Crippen LogP contribution in [0.15, 0.2) is 41.4 Å². The van der Waals surface area contributed by atoms with Gasteiger partial charge in [0.1, 0.15) is 4.90 Å². The summed E-state index contributed by atoms with van der Waals surface area (Å²) in [5, 5.41) is 0. The Labute approximate surface area is 156 Å². The molecule has 1 aromatic heterocycles. The smallest absolute Gasteiger partial charge is 0.268 e. The Bertz CT molecular complexity index is 1110. The molecule has 27 heavy (non-hydrogen) atoms. The SMILES string of the molecule is CN1C(=O)c2ccc(C(=O)N3c4ncccc4N4CCC3C4)cc2S1(=O)=O. The molecule has 8 nitrogen and oxygen atoms in total. The second-order valence-electron chi connectivity index (χ2n) is 6.90. The first-order chi connectivity index (χ1) is 12.9. The predicted molar refractivity (Wildman–Crippen MR) is 97.4 cm³/mol. The fraction of sp³-hybridized carbons (Fsp3) is 0.278. The van der Waals surface area contributed by atoms with Crippen molar-refractivity contribution in [2.45, 2.75) is 17.4 Å². The molecular weight excluding hydrogens is 368 g/mol. The molecule has 2 aromatic rings. The van der Waals surface area contributed by atoms with Gasteiger partial charge >= 0.3 is 0 Å². The topological polar surface area (TPSA) is 90.9 Å². The van der Waals surface area contributed by atoms with Crippen molar-refractivity contribution in [2.24, 2.45) is 0 Å². The Morgan fingerprint density at radius 3 is 2.89 bits per heavy atom. The Kier molecular flexibility index (Phi) is 3.18. The molecule has 5 rings (SSSR count). The number of benzene rings is 1. The highest BCUT2D eigenvalue weighted by molar-refractivity contribution is 7.90. The fourth-order valence-electron chi connectivity index (χ4n) is 4.04. The molecule has 4 heterocycles. The van der Waals surface area contributed by atoms with Crippen LogP contribution in [-0.4, -0.2) is 55.7 Å². The number of fused-ring (bicyclic) bond motifs is 5. The van der Waals surface area contributed by atoms with Gasteiger partial charge in [-0.1, -0.05) is 0 Å². The summed E-state index contributed by atoms with van der Waals surface area (Å²) < 4.78 is 25.6. The Hall–Kier alpha value is -2.94. The van der Waals surface area contributed by atoms with Crippen LogP contribution in [0.4, 0.5) is 11.5 Å². The number of hydrogen-bond donors (Lipinski definition) is 0. The number of hydrogen-bond acceptors (Lipinski definition) is 6. The van der Waals surface area contributed by atoms with Gasteiger partial charge in [-0.05, 0) is 36.8 Å². The van der Waals surface area contributed by atoms with E-state index in [0.29, 0.717) is 10.1 Å². The van der Waals surface area contributed by atoms with Crippen molar-refractivity contribution in [3.05, 3.63) is 47.7 Å². The summed E-state index contributed by atoms with van der Waals surface area (Å²) in [5.41, 5.74) is 1.24. The molecule has 1 saturated heterocycles. The van der Waals surface area contributed by atoms with Crippen LogP contribution in [0.1, 0.15) is 27.1 Å². The molecular formula is C18H16N4O4S. The number of aromatic nitrogens is 1. The molecule has 3 aliphatic rings. The van der Waals surface area contributed by atoms with E-state index in [-0.39, 0.29) is 28.0 Å². The van der Waals surface area contributed by atoms with E-state index < -0.39 is 15.9 Å². The molecule has 2 amide bonds. The van der Waals surface area contributed by atoms with Crippen LogP contribution in [0.3, 0.4) is 0 Å². The van der Waals surface area contributed by atoms with E-state index in [2.05, 4.69) is 9.88 Å². The molecule has 1 unspecified atom stereocenters. The summed E-state index contributed by atoms with van der Waals surface area (Å²) in [6, 6.07) is 8.00. The zero-order valence-corrected chi connectivity index (χ0v) is 15.3. The third kappa shape index (κ3) is 2.08. The minimum absolute atomic E-state index is 0.00549. The third-order valence-electron chi connectivity index (χ3n) is 5.47. The van der Waals surface area contributed by atoms with Gasteiger partial charge in [0.2, 0.25) is 0 Å². The van der Waals surface area contributed by atoms with E-state index in [9.17, 15) is 18.0 Å². The van der Waals surface area contributed by atoms with E-state index in [0.717, 1.165) is 25.2 Å². The van der Waals surface area contributed by atoms with Crippen LogP contribution in [0.2, 0.25) is 0 Å². The van der Waals surface area contributed by atoms with E-state index in [1.54, 1.807) is 11.1 Å². The van der Waals surface area contributed by atoms with Gasteiger partial charge in [0.25, 0.3) is 21.8 Å². The quantitative estimate of drug-likeness (QED) is 0.731. The highest BCUT2D eigenvalue weighted by atomic mass is 32.2. The van der Waals surface area contributed by atoms with Crippen molar-refractivity contribution < 1.29 is 18.0 Å². The maximum absolute atomic E-state index is 13.3. The van der Waals surface area contributed by atoms with Gasteiger partial charge in [-0.15, -0.1) is 0 Å². The van der Waals surface area contributed by atoms with Crippen LogP contribution in [0.25, 0.3) is 0 Å². The normalized spacial score (nSPS) is 22.0. The lowest BCUT2D eigenvalue weighted by atomic mass is 10.1. The molecule has 1 fully saturated rings. The maximum Gasteiger partial charge on any atom is 0.268 e. The number of carbonyl (C=O) groups is 2. The van der Waals surface area contributed by atoms with Gasteiger partial charge in [0, 0.05) is 31.9 Å². The third-order valence-corrected chi connectivity index (χ3v) is 7.25. The highest BCUT2D eigenvalue weighted by Gasteiger charge is 2.42. The first kappa shape index (κ1) is 16.2. The largest absolute Gasteiger partial charge is 0.366 e. The second kappa shape index (κ2) is 5.29. The monoisotopic (exact) mass is 384 g/mol. The number of pyridine rings is 1.